The van der Waals surface area contributed by atoms with Crippen LogP contribution in [0, 0.1) is 16.0 Å². The summed E-state index contributed by atoms with van der Waals surface area (Å²) in [5.41, 5.74) is 0.486. The average molecular weight is 303 g/mol. The number of hydrogen-bond donors (Lipinski definition) is 0. The molecule has 102 valence electrons. The highest BCUT2D eigenvalue weighted by molar-refractivity contribution is 6.39. The minimum Gasteiger partial charge on any atom is -0.369 e. The summed E-state index contributed by atoms with van der Waals surface area (Å²) >= 11 is 12.2. The molecule has 5 nitrogen and oxygen atoms in total. The molecule has 0 spiro atoms. The highest BCUT2D eigenvalue weighted by Crippen LogP contribution is 2.38. The van der Waals surface area contributed by atoms with Gasteiger partial charge in [-0.05, 0) is 12.8 Å². The SMILES string of the molecule is O=CC1CCN(c2c(Cl)cc([N+](=O)[O-])cc2Cl)CC1. The number of carbonyl (C=O) groups excluding carboxylic acids is 1. The molecular weight excluding hydrogens is 291 g/mol. The largest absolute Gasteiger partial charge is 0.369 e. The van der Waals surface area contributed by atoms with Crippen LogP contribution in [0.3, 0.4) is 0 Å². The van der Waals surface area contributed by atoms with Crippen LogP contribution in [0.1, 0.15) is 12.8 Å². The van der Waals surface area contributed by atoms with Gasteiger partial charge in [0.25, 0.3) is 5.69 Å². The van der Waals surface area contributed by atoms with Gasteiger partial charge in [-0.3, -0.25) is 10.1 Å². The number of halogens is 2. The van der Waals surface area contributed by atoms with Crippen molar-refractivity contribution in [2.75, 3.05) is 18.0 Å². The van der Waals surface area contributed by atoms with E-state index in [0.29, 0.717) is 18.8 Å². The summed E-state index contributed by atoms with van der Waals surface area (Å²) in [4.78, 5) is 22.9. The van der Waals surface area contributed by atoms with Crippen LogP contribution in [0.15, 0.2) is 12.1 Å². The first kappa shape index (κ1) is 14.1. The van der Waals surface area contributed by atoms with Crippen molar-refractivity contribution in [1.82, 2.24) is 0 Å². The van der Waals surface area contributed by atoms with Gasteiger partial charge in [0.2, 0.25) is 0 Å². The monoisotopic (exact) mass is 302 g/mol. The van der Waals surface area contributed by atoms with Gasteiger partial charge in [0.05, 0.1) is 20.7 Å². The van der Waals surface area contributed by atoms with Crippen molar-refractivity contribution in [2.45, 2.75) is 12.8 Å². The van der Waals surface area contributed by atoms with E-state index < -0.39 is 4.92 Å². The minimum absolute atomic E-state index is 0.0758. The van der Waals surface area contributed by atoms with Gasteiger partial charge in [0, 0.05) is 31.1 Å². The number of carbonyl (C=O) groups is 1. The lowest BCUT2D eigenvalue weighted by Gasteiger charge is -2.32. The molecule has 1 saturated heterocycles. The van der Waals surface area contributed by atoms with Crippen LogP contribution in [0.4, 0.5) is 11.4 Å². The summed E-state index contributed by atoms with van der Waals surface area (Å²) in [5.74, 6) is 0.0758. The maximum absolute atomic E-state index is 10.7. The van der Waals surface area contributed by atoms with E-state index >= 15 is 0 Å². The normalized spacial score (nSPS) is 16.4. The number of anilines is 1. The van der Waals surface area contributed by atoms with Crippen LogP contribution in [0.2, 0.25) is 10.0 Å². The Labute approximate surface area is 120 Å². The van der Waals surface area contributed by atoms with E-state index in [2.05, 4.69) is 0 Å². The smallest absolute Gasteiger partial charge is 0.272 e. The van der Waals surface area contributed by atoms with Crippen LogP contribution in [-0.2, 0) is 4.79 Å². The second kappa shape index (κ2) is 5.75. The lowest BCUT2D eigenvalue weighted by Crippen LogP contribution is -2.34. The number of non-ortho nitro benzene ring substituents is 1. The van der Waals surface area contributed by atoms with Gasteiger partial charge in [-0.1, -0.05) is 23.2 Å². The highest BCUT2D eigenvalue weighted by Gasteiger charge is 2.24. The molecule has 0 radical (unpaired) electrons. The van der Waals surface area contributed by atoms with Crippen LogP contribution in [0.5, 0.6) is 0 Å². The van der Waals surface area contributed by atoms with Crippen molar-refractivity contribution in [3.05, 3.63) is 32.3 Å². The van der Waals surface area contributed by atoms with Gasteiger partial charge in [-0.2, -0.15) is 0 Å². The maximum Gasteiger partial charge on any atom is 0.272 e. The Morgan fingerprint density at radius 3 is 2.21 bits per heavy atom. The Morgan fingerprint density at radius 1 is 1.26 bits per heavy atom. The van der Waals surface area contributed by atoms with E-state index in [4.69, 9.17) is 23.2 Å². The van der Waals surface area contributed by atoms with Gasteiger partial charge < -0.3 is 9.69 Å². The molecule has 0 bridgehead atoms. The lowest BCUT2D eigenvalue weighted by atomic mass is 9.98. The third kappa shape index (κ3) is 2.98. The first-order valence-corrected chi connectivity index (χ1v) is 6.62. The molecule has 1 heterocycles. The Hall–Kier alpha value is -1.33. The first-order chi connectivity index (χ1) is 9.02. The molecule has 0 amide bonds. The molecule has 1 aliphatic heterocycles. The van der Waals surface area contributed by atoms with Gasteiger partial charge >= 0.3 is 0 Å². The number of nitro groups is 1. The molecule has 1 aliphatic rings. The van der Waals surface area contributed by atoms with Crippen molar-refractivity contribution in [1.29, 1.82) is 0 Å². The second-order valence-corrected chi connectivity index (χ2v) is 5.29. The molecule has 7 heteroatoms. The predicted octanol–water partition coefficient (Wildman–Crippen LogP) is 3.32. The van der Waals surface area contributed by atoms with Crippen molar-refractivity contribution >= 4 is 40.9 Å². The second-order valence-electron chi connectivity index (χ2n) is 4.48. The molecule has 19 heavy (non-hydrogen) atoms. The van der Waals surface area contributed by atoms with Crippen LogP contribution in [0.25, 0.3) is 0 Å². The molecule has 0 aromatic heterocycles. The molecular formula is C12H12Cl2N2O3. The summed E-state index contributed by atoms with van der Waals surface area (Å²) in [6.45, 7) is 1.33. The van der Waals surface area contributed by atoms with Crippen LogP contribution < -0.4 is 4.90 Å². The summed E-state index contributed by atoms with van der Waals surface area (Å²) in [5, 5.41) is 11.2. The van der Waals surface area contributed by atoms with Crippen molar-refractivity contribution in [3.8, 4) is 0 Å². The number of nitrogens with zero attached hydrogens (tertiary/aromatic N) is 2. The van der Waals surface area contributed by atoms with Gasteiger partial charge in [-0.15, -0.1) is 0 Å². The quantitative estimate of drug-likeness (QED) is 0.488. The van der Waals surface area contributed by atoms with E-state index in [0.717, 1.165) is 19.1 Å². The van der Waals surface area contributed by atoms with Gasteiger partial charge in [-0.25, -0.2) is 0 Å². The van der Waals surface area contributed by atoms with E-state index in [1.807, 2.05) is 4.90 Å². The summed E-state index contributed by atoms with van der Waals surface area (Å²) in [6, 6.07) is 2.60. The van der Waals surface area contributed by atoms with Crippen molar-refractivity contribution in [2.24, 2.45) is 5.92 Å². The number of piperidine rings is 1. The molecule has 1 aromatic rings. The molecule has 0 N–H and O–H groups in total. The third-order valence-electron chi connectivity index (χ3n) is 3.26. The number of nitro benzene ring substituents is 1. The maximum atomic E-state index is 10.7. The number of rotatable bonds is 3. The number of benzene rings is 1. The highest BCUT2D eigenvalue weighted by atomic mass is 35.5. The zero-order chi connectivity index (χ0) is 14.0. The Morgan fingerprint density at radius 2 is 1.79 bits per heavy atom. The zero-order valence-corrected chi connectivity index (χ0v) is 11.5. The van der Waals surface area contributed by atoms with E-state index in [1.165, 1.54) is 12.1 Å². The van der Waals surface area contributed by atoms with E-state index in [9.17, 15) is 14.9 Å². The molecule has 0 aliphatic carbocycles. The summed E-state index contributed by atoms with van der Waals surface area (Å²) < 4.78 is 0. The van der Waals surface area contributed by atoms with Crippen molar-refractivity contribution in [3.63, 3.8) is 0 Å². The van der Waals surface area contributed by atoms with Crippen LogP contribution >= 0.6 is 23.2 Å². The van der Waals surface area contributed by atoms with E-state index in [1.54, 1.807) is 0 Å². The molecule has 2 rings (SSSR count). The molecule has 0 unspecified atom stereocenters. The first-order valence-electron chi connectivity index (χ1n) is 5.86. The fraction of sp³-hybridized carbons (Fsp3) is 0.417. The van der Waals surface area contributed by atoms with Crippen molar-refractivity contribution < 1.29 is 9.72 Å². The molecule has 0 atom stereocenters. The topological polar surface area (TPSA) is 63.5 Å². The predicted molar refractivity (Wildman–Crippen MR) is 74.1 cm³/mol. The molecule has 0 saturated carbocycles. The number of hydrogen-bond acceptors (Lipinski definition) is 4. The average Bonchev–Trinajstić information content (AvgIpc) is 2.38. The summed E-state index contributed by atoms with van der Waals surface area (Å²) in [7, 11) is 0. The van der Waals surface area contributed by atoms with Gasteiger partial charge in [0.15, 0.2) is 0 Å². The fourth-order valence-corrected chi connectivity index (χ4v) is 2.93. The Balaban J connectivity index is 2.26. The zero-order valence-electron chi connectivity index (χ0n) is 10.0. The number of aldehydes is 1. The standard InChI is InChI=1S/C12H12Cl2N2O3/c13-10-5-9(16(18)19)6-11(14)12(10)15-3-1-8(7-17)2-4-15/h5-8H,1-4H2. The molecule has 1 fully saturated rings. The van der Waals surface area contributed by atoms with Gasteiger partial charge in [0.1, 0.15) is 6.29 Å². The lowest BCUT2D eigenvalue weighted by molar-refractivity contribution is -0.384. The third-order valence-corrected chi connectivity index (χ3v) is 3.84. The fourth-order valence-electron chi connectivity index (χ4n) is 2.22. The Bertz CT molecular complexity index is 491. The molecule has 1 aromatic carbocycles. The Kier molecular flexibility index (Phi) is 4.27. The van der Waals surface area contributed by atoms with Crippen LogP contribution in [-0.4, -0.2) is 24.3 Å². The van der Waals surface area contributed by atoms with E-state index in [-0.39, 0.29) is 21.7 Å². The minimum atomic E-state index is -0.528. The summed E-state index contributed by atoms with van der Waals surface area (Å²) in [6.07, 6.45) is 2.46.